The van der Waals surface area contributed by atoms with Crippen LogP contribution in [0.2, 0.25) is 0 Å². The van der Waals surface area contributed by atoms with Crippen LogP contribution in [0.15, 0.2) is 48.8 Å². The Hall–Kier alpha value is -3.68. The Morgan fingerprint density at radius 1 is 1.05 bits per heavy atom. The molecular weight excluding hydrogens is 524 g/mol. The van der Waals surface area contributed by atoms with Crippen LogP contribution in [-0.2, 0) is 26.4 Å². The number of likely N-dealkylation sites (N-methyl/N-ethyl adjacent to an activating group) is 1. The Kier molecular flexibility index (Phi) is 5.81. The molecule has 0 aliphatic carbocycles. The molecule has 2 aliphatic heterocycles. The van der Waals surface area contributed by atoms with Gasteiger partial charge in [0.2, 0.25) is 0 Å². The number of benzene rings is 2. The van der Waals surface area contributed by atoms with E-state index in [-0.39, 0.29) is 12.6 Å². The smallest absolute Gasteiger partial charge is 0.259 e. The maximum Gasteiger partial charge on any atom is 0.259 e. The summed E-state index contributed by atoms with van der Waals surface area (Å²) >= 11 is 0. The van der Waals surface area contributed by atoms with Crippen LogP contribution in [0.5, 0.6) is 0 Å². The third kappa shape index (κ3) is 4.69. The van der Waals surface area contributed by atoms with Gasteiger partial charge in [-0.3, -0.25) is 14.9 Å². The topological polar surface area (TPSA) is 68.5 Å². The van der Waals surface area contributed by atoms with E-state index in [2.05, 4.69) is 40.4 Å². The first kappa shape index (κ1) is 23.8. The van der Waals surface area contributed by atoms with Crippen molar-refractivity contribution in [3.63, 3.8) is 0 Å². The van der Waals surface area contributed by atoms with E-state index in [1.807, 2.05) is 57.4 Å². The molecule has 6 rings (SSSR count). The second-order valence-corrected chi connectivity index (χ2v) is 12.8. The molecule has 2 amide bonds. The van der Waals surface area contributed by atoms with Gasteiger partial charge in [0.25, 0.3) is 11.8 Å². The minimum absolute atomic E-state index is 0.0228. The number of ether oxygens (including phenoxy) is 1. The SMILES string of the molecule is [2H]C([2H])([2H])N(C[C@@H]1CC(C)(C)n2cc(c3ccccc32)C2=C(C(=O)NC2=O)c2cn(c3cc(C)c(C)cc23)CC(C)O1)C([2H])(C)C. The largest absolute Gasteiger partial charge is 0.372 e. The van der Waals surface area contributed by atoms with Gasteiger partial charge in [0.1, 0.15) is 0 Å². The van der Waals surface area contributed by atoms with Crippen LogP contribution in [-0.4, -0.2) is 57.6 Å². The number of carbonyl (C=O) groups excluding carboxylic acids is 2. The highest BCUT2D eigenvalue weighted by Gasteiger charge is 2.37. The molecule has 42 heavy (non-hydrogen) atoms. The second-order valence-electron chi connectivity index (χ2n) is 12.8. The van der Waals surface area contributed by atoms with Gasteiger partial charge in [-0.1, -0.05) is 18.2 Å². The van der Waals surface area contributed by atoms with Crippen molar-refractivity contribution in [2.75, 3.05) is 13.5 Å². The van der Waals surface area contributed by atoms with E-state index in [0.717, 1.165) is 32.9 Å². The van der Waals surface area contributed by atoms with Crippen molar-refractivity contribution < 1.29 is 19.8 Å². The van der Waals surface area contributed by atoms with Crippen LogP contribution in [0.1, 0.15) is 68.8 Å². The summed E-state index contributed by atoms with van der Waals surface area (Å²) in [4.78, 5) is 28.5. The number of carbonyl (C=O) groups is 2. The lowest BCUT2D eigenvalue weighted by atomic mass is 9.94. The lowest BCUT2D eigenvalue weighted by molar-refractivity contribution is -0.122. The number of aryl methyl sites for hydroxylation is 2. The van der Waals surface area contributed by atoms with Gasteiger partial charge in [-0.2, -0.15) is 0 Å². The normalized spacial score (nSPS) is 23.0. The first-order valence-corrected chi connectivity index (χ1v) is 14.6. The van der Waals surface area contributed by atoms with E-state index in [1.54, 1.807) is 13.8 Å². The summed E-state index contributed by atoms with van der Waals surface area (Å²) in [6.07, 6.45) is 3.38. The summed E-state index contributed by atoms with van der Waals surface area (Å²) in [6.45, 7) is 11.3. The number of fused-ring (bicyclic) bond motifs is 12. The molecule has 7 nitrogen and oxygen atoms in total. The quantitative estimate of drug-likeness (QED) is 0.305. The average molecular weight is 571 g/mol. The lowest BCUT2D eigenvalue weighted by Crippen LogP contribution is -2.42. The maximum atomic E-state index is 13.7. The highest BCUT2D eigenvalue weighted by Crippen LogP contribution is 2.41. The number of nitrogens with zero attached hydrogens (tertiary/aromatic N) is 3. The van der Waals surface area contributed by atoms with Crippen LogP contribution < -0.4 is 5.32 Å². The third-order valence-electron chi connectivity index (χ3n) is 8.86. The molecule has 1 unspecified atom stereocenters. The Labute approximate surface area is 253 Å². The fraction of sp³-hybridized carbons (Fsp3) is 0.429. The first-order chi connectivity index (χ1) is 21.4. The second kappa shape index (κ2) is 10.2. The standard InChI is InChI=1S/C35H42N4O3/c1-20(2)37(8)17-24-15-35(6,7)39-19-28(25-11-9-10-12-29(25)39)32-31(33(40)36-34(32)41)27-18-38(16-23(5)42-24)30-14-22(4)21(3)13-26(27)30/h9-14,18-20,23-24H,15-17H2,1-8H3,(H,36,40,41)/t23?,24-/m0/s1/i8D3,20D. The molecule has 0 saturated heterocycles. The summed E-state index contributed by atoms with van der Waals surface area (Å²) < 4.78 is 44.4. The Bertz CT molecular complexity index is 1910. The van der Waals surface area contributed by atoms with E-state index in [4.69, 9.17) is 10.2 Å². The minimum atomic E-state index is -2.50. The van der Waals surface area contributed by atoms with Crippen molar-refractivity contribution in [1.82, 2.24) is 19.4 Å². The van der Waals surface area contributed by atoms with E-state index in [0.29, 0.717) is 35.2 Å². The summed E-state index contributed by atoms with van der Waals surface area (Å²) in [5.74, 6) is -0.856. The van der Waals surface area contributed by atoms with Crippen LogP contribution in [0.4, 0.5) is 0 Å². The van der Waals surface area contributed by atoms with Crippen molar-refractivity contribution >= 4 is 44.8 Å². The van der Waals surface area contributed by atoms with Crippen molar-refractivity contribution in [2.24, 2.45) is 0 Å². The van der Waals surface area contributed by atoms with Crippen LogP contribution in [0.3, 0.4) is 0 Å². The molecule has 0 saturated carbocycles. The fourth-order valence-corrected chi connectivity index (χ4v) is 6.59. The molecular formula is C35H42N4O3. The molecule has 4 aromatic rings. The molecule has 220 valence electrons. The number of para-hydroxylation sites is 1. The molecule has 1 N–H and O–H groups in total. The number of amides is 2. The molecule has 4 heterocycles. The molecule has 0 spiro atoms. The van der Waals surface area contributed by atoms with Crippen LogP contribution >= 0.6 is 0 Å². The molecule has 0 fully saturated rings. The highest BCUT2D eigenvalue weighted by molar-refractivity contribution is 6.50. The fourth-order valence-electron chi connectivity index (χ4n) is 6.59. The Balaban J connectivity index is 1.64. The number of hydrogen-bond acceptors (Lipinski definition) is 4. The monoisotopic (exact) mass is 570 g/mol. The van der Waals surface area contributed by atoms with E-state index >= 15 is 0 Å². The average Bonchev–Trinajstić information content (AvgIpc) is 3.56. The molecule has 0 radical (unpaired) electrons. The first-order valence-electron chi connectivity index (χ1n) is 16.6. The Morgan fingerprint density at radius 2 is 1.71 bits per heavy atom. The van der Waals surface area contributed by atoms with Crippen LogP contribution in [0.25, 0.3) is 33.0 Å². The minimum Gasteiger partial charge on any atom is -0.372 e. The molecule has 2 aliphatic rings. The van der Waals surface area contributed by atoms with Gasteiger partial charge in [0, 0.05) is 75.5 Å². The van der Waals surface area contributed by atoms with Gasteiger partial charge in [-0.05, 0) is 91.2 Å². The number of rotatable bonds is 3. The summed E-state index contributed by atoms with van der Waals surface area (Å²) in [6, 6.07) is 10.6. The number of imide groups is 1. The van der Waals surface area contributed by atoms with Gasteiger partial charge in [0.15, 0.2) is 0 Å². The Morgan fingerprint density at radius 3 is 2.40 bits per heavy atom. The van der Waals surface area contributed by atoms with Gasteiger partial charge in [-0.25, -0.2) is 0 Å². The molecule has 2 aromatic carbocycles. The molecule has 7 heteroatoms. The predicted octanol–water partition coefficient (Wildman–Crippen LogP) is 6.03. The lowest BCUT2D eigenvalue weighted by Gasteiger charge is -2.36. The van der Waals surface area contributed by atoms with Crippen molar-refractivity contribution in [3.05, 3.63) is 71.0 Å². The number of aromatic nitrogens is 2. The van der Waals surface area contributed by atoms with E-state index in [9.17, 15) is 9.59 Å². The maximum absolute atomic E-state index is 13.7. The van der Waals surface area contributed by atoms with Gasteiger partial charge in [-0.15, -0.1) is 0 Å². The number of nitrogens with one attached hydrogen (secondary N) is 1. The summed E-state index contributed by atoms with van der Waals surface area (Å²) in [7, 11) is 0. The highest BCUT2D eigenvalue weighted by atomic mass is 16.5. The third-order valence-corrected chi connectivity index (χ3v) is 8.86. The van der Waals surface area contributed by atoms with E-state index in [1.165, 1.54) is 4.90 Å². The summed E-state index contributed by atoms with van der Waals surface area (Å²) in [5, 5.41) is 4.28. The summed E-state index contributed by atoms with van der Waals surface area (Å²) in [5.41, 5.74) is 5.38. The van der Waals surface area contributed by atoms with Gasteiger partial charge < -0.3 is 18.8 Å². The molecule has 2 aromatic heterocycles. The molecule has 2 atom stereocenters. The number of hydrogen-bond donors (Lipinski definition) is 1. The van der Waals surface area contributed by atoms with Crippen molar-refractivity contribution in [1.29, 1.82) is 0 Å². The predicted molar refractivity (Wildman–Crippen MR) is 169 cm³/mol. The van der Waals surface area contributed by atoms with E-state index < -0.39 is 36.5 Å². The zero-order valence-electron chi connectivity index (χ0n) is 29.5. The van der Waals surface area contributed by atoms with Gasteiger partial charge >= 0.3 is 0 Å². The van der Waals surface area contributed by atoms with Crippen molar-refractivity contribution in [3.8, 4) is 0 Å². The van der Waals surface area contributed by atoms with Gasteiger partial charge in [0.05, 0.1) is 23.4 Å². The zero-order chi connectivity index (χ0) is 33.5. The molecule has 4 bridgehead atoms. The van der Waals surface area contributed by atoms with Crippen LogP contribution in [0, 0.1) is 13.8 Å². The van der Waals surface area contributed by atoms with Crippen molar-refractivity contribution in [2.45, 2.75) is 85.2 Å². The zero-order valence-corrected chi connectivity index (χ0v) is 25.5.